The van der Waals surface area contributed by atoms with Gasteiger partial charge in [-0.2, -0.15) is 0 Å². The van der Waals surface area contributed by atoms with Crippen molar-refractivity contribution in [3.05, 3.63) is 0 Å². The van der Waals surface area contributed by atoms with Crippen LogP contribution in [-0.2, 0) is 9.47 Å². The van der Waals surface area contributed by atoms with E-state index in [-0.39, 0.29) is 0 Å². The molecule has 4 heterocycles. The Morgan fingerprint density at radius 3 is 2.52 bits per heavy atom. The monoisotopic (exact) mass is 435 g/mol. The molecular formula is C24H45N5O2. The zero-order valence-corrected chi connectivity index (χ0v) is 19.6. The zero-order chi connectivity index (χ0) is 21.0. The van der Waals surface area contributed by atoms with Crippen LogP contribution in [-0.4, -0.2) is 80.0 Å². The SMILES string of the molecule is CC1CCCC(C2CCN(C3CC(N4CCOCC4)NC(CCC4CCCO4)N3)N2)C1. The van der Waals surface area contributed by atoms with E-state index in [1.165, 1.54) is 51.5 Å². The number of rotatable bonds is 6. The van der Waals surface area contributed by atoms with Gasteiger partial charge in [0.25, 0.3) is 0 Å². The second-order valence-corrected chi connectivity index (χ2v) is 10.8. The summed E-state index contributed by atoms with van der Waals surface area (Å²) >= 11 is 0. The van der Waals surface area contributed by atoms with Crippen molar-refractivity contribution in [3.63, 3.8) is 0 Å². The van der Waals surface area contributed by atoms with Gasteiger partial charge in [0.15, 0.2) is 0 Å². The van der Waals surface area contributed by atoms with E-state index in [1.54, 1.807) is 0 Å². The molecule has 5 rings (SSSR count). The molecule has 0 aromatic carbocycles. The van der Waals surface area contributed by atoms with E-state index < -0.39 is 0 Å². The molecule has 1 aliphatic carbocycles. The fourth-order valence-corrected chi connectivity index (χ4v) is 6.67. The molecule has 4 saturated heterocycles. The molecule has 3 N–H and O–H groups in total. The van der Waals surface area contributed by atoms with Crippen LogP contribution < -0.4 is 16.1 Å². The lowest BCUT2D eigenvalue weighted by Gasteiger charge is -2.46. The van der Waals surface area contributed by atoms with Crippen LogP contribution in [0.25, 0.3) is 0 Å². The Labute approximate surface area is 188 Å². The Balaban J connectivity index is 1.19. The van der Waals surface area contributed by atoms with Crippen molar-refractivity contribution in [2.75, 3.05) is 39.5 Å². The molecule has 5 fully saturated rings. The van der Waals surface area contributed by atoms with Crippen LogP contribution in [0.2, 0.25) is 0 Å². The Morgan fingerprint density at radius 2 is 1.71 bits per heavy atom. The number of ether oxygens (including phenoxy) is 2. The molecule has 7 atom stereocenters. The number of nitrogens with zero attached hydrogens (tertiary/aromatic N) is 2. The summed E-state index contributed by atoms with van der Waals surface area (Å²) in [6.45, 7) is 8.37. The summed E-state index contributed by atoms with van der Waals surface area (Å²) in [5.41, 5.74) is 3.97. The van der Waals surface area contributed by atoms with Gasteiger partial charge in [-0.05, 0) is 56.8 Å². The predicted octanol–water partition coefficient (Wildman–Crippen LogP) is 2.24. The van der Waals surface area contributed by atoms with Gasteiger partial charge in [-0.1, -0.05) is 19.8 Å². The first-order chi connectivity index (χ1) is 15.2. The summed E-state index contributed by atoms with van der Waals surface area (Å²) in [4.78, 5) is 2.60. The molecule has 0 bridgehead atoms. The minimum atomic E-state index is 0.353. The molecule has 1 saturated carbocycles. The van der Waals surface area contributed by atoms with Crippen LogP contribution in [0.15, 0.2) is 0 Å². The van der Waals surface area contributed by atoms with Gasteiger partial charge in [0.05, 0.1) is 37.8 Å². The fraction of sp³-hybridized carbons (Fsp3) is 1.00. The summed E-state index contributed by atoms with van der Waals surface area (Å²) in [6.07, 6.45) is 14.5. The second kappa shape index (κ2) is 10.8. The van der Waals surface area contributed by atoms with Gasteiger partial charge < -0.3 is 9.47 Å². The van der Waals surface area contributed by atoms with Crippen LogP contribution in [0.1, 0.15) is 71.1 Å². The van der Waals surface area contributed by atoms with Crippen LogP contribution in [0.4, 0.5) is 0 Å². The van der Waals surface area contributed by atoms with E-state index in [0.29, 0.717) is 30.6 Å². The van der Waals surface area contributed by atoms with Crippen molar-refractivity contribution in [2.24, 2.45) is 11.8 Å². The summed E-state index contributed by atoms with van der Waals surface area (Å²) < 4.78 is 11.5. The molecule has 0 amide bonds. The van der Waals surface area contributed by atoms with E-state index in [0.717, 1.165) is 64.0 Å². The highest BCUT2D eigenvalue weighted by Crippen LogP contribution is 2.34. The highest BCUT2D eigenvalue weighted by molar-refractivity contribution is 4.92. The maximum atomic E-state index is 5.90. The topological polar surface area (TPSA) is 61.0 Å². The highest BCUT2D eigenvalue weighted by Gasteiger charge is 2.39. The molecular weight excluding hydrogens is 390 g/mol. The first kappa shape index (κ1) is 22.5. The first-order valence-electron chi connectivity index (χ1n) is 13.2. The number of morpholine rings is 1. The molecule has 0 spiro atoms. The molecule has 0 aromatic heterocycles. The number of nitrogens with one attached hydrogen (secondary N) is 3. The number of hydrazine groups is 1. The lowest BCUT2D eigenvalue weighted by Crippen LogP contribution is -2.68. The predicted molar refractivity (Wildman–Crippen MR) is 122 cm³/mol. The van der Waals surface area contributed by atoms with E-state index >= 15 is 0 Å². The summed E-state index contributed by atoms with van der Waals surface area (Å²) in [5, 5.41) is 10.4. The van der Waals surface area contributed by atoms with E-state index in [9.17, 15) is 0 Å². The van der Waals surface area contributed by atoms with Gasteiger partial charge >= 0.3 is 0 Å². The minimum absolute atomic E-state index is 0.353. The van der Waals surface area contributed by atoms with Crippen molar-refractivity contribution in [1.29, 1.82) is 0 Å². The van der Waals surface area contributed by atoms with Crippen molar-refractivity contribution in [3.8, 4) is 0 Å². The van der Waals surface area contributed by atoms with E-state index in [2.05, 4.69) is 32.9 Å². The molecule has 0 aromatic rings. The van der Waals surface area contributed by atoms with E-state index in [4.69, 9.17) is 9.47 Å². The Bertz CT molecular complexity index is 554. The smallest absolute Gasteiger partial charge is 0.0772 e. The lowest BCUT2D eigenvalue weighted by molar-refractivity contribution is -0.0328. The first-order valence-corrected chi connectivity index (χ1v) is 13.2. The third kappa shape index (κ3) is 5.81. The molecule has 0 radical (unpaired) electrons. The van der Waals surface area contributed by atoms with Crippen LogP contribution >= 0.6 is 0 Å². The molecule has 31 heavy (non-hydrogen) atoms. The van der Waals surface area contributed by atoms with Crippen molar-refractivity contribution < 1.29 is 9.47 Å². The van der Waals surface area contributed by atoms with Crippen LogP contribution in [0.3, 0.4) is 0 Å². The summed E-state index contributed by atoms with van der Waals surface area (Å²) in [5.74, 6) is 1.76. The average Bonchev–Trinajstić information content (AvgIpc) is 3.51. The van der Waals surface area contributed by atoms with Gasteiger partial charge in [0, 0.05) is 38.7 Å². The highest BCUT2D eigenvalue weighted by atomic mass is 16.5. The maximum Gasteiger partial charge on any atom is 0.0772 e. The van der Waals surface area contributed by atoms with Gasteiger partial charge in [0.2, 0.25) is 0 Å². The fourth-order valence-electron chi connectivity index (χ4n) is 6.67. The molecule has 7 heteroatoms. The molecule has 5 aliphatic rings. The normalized spacial score (nSPS) is 43.5. The third-order valence-electron chi connectivity index (χ3n) is 8.46. The molecule has 7 nitrogen and oxygen atoms in total. The van der Waals surface area contributed by atoms with Gasteiger partial charge in [-0.15, -0.1) is 0 Å². The second-order valence-electron chi connectivity index (χ2n) is 10.8. The van der Waals surface area contributed by atoms with Crippen molar-refractivity contribution in [2.45, 2.75) is 102 Å². The Morgan fingerprint density at radius 1 is 0.839 bits per heavy atom. The minimum Gasteiger partial charge on any atom is -0.379 e. The molecule has 7 unspecified atom stereocenters. The van der Waals surface area contributed by atoms with E-state index in [1.807, 2.05) is 0 Å². The average molecular weight is 436 g/mol. The Hall–Kier alpha value is -0.280. The summed E-state index contributed by atoms with van der Waals surface area (Å²) in [7, 11) is 0. The molecule has 4 aliphatic heterocycles. The molecule has 178 valence electrons. The maximum absolute atomic E-state index is 5.90. The standard InChI is InChI=1S/C24H45N5O2/c1-18-4-2-5-19(16-18)21-9-10-29(27-21)24-17-23(28-11-14-30-15-12-28)25-22(26-24)8-7-20-6-3-13-31-20/h18-27H,2-17H2,1H3. The van der Waals surface area contributed by atoms with Crippen LogP contribution in [0.5, 0.6) is 0 Å². The Kier molecular flexibility index (Phi) is 7.82. The third-order valence-corrected chi connectivity index (χ3v) is 8.46. The number of hydrogen-bond acceptors (Lipinski definition) is 7. The summed E-state index contributed by atoms with van der Waals surface area (Å²) in [6, 6.07) is 0.673. The van der Waals surface area contributed by atoms with Gasteiger partial charge in [-0.25, -0.2) is 5.01 Å². The lowest BCUT2D eigenvalue weighted by atomic mass is 9.78. The van der Waals surface area contributed by atoms with Gasteiger partial charge in [0.1, 0.15) is 0 Å². The quantitative estimate of drug-likeness (QED) is 0.591. The zero-order valence-electron chi connectivity index (χ0n) is 19.6. The van der Waals surface area contributed by atoms with Crippen LogP contribution in [0, 0.1) is 11.8 Å². The van der Waals surface area contributed by atoms with Crippen molar-refractivity contribution >= 4 is 0 Å². The van der Waals surface area contributed by atoms with Crippen molar-refractivity contribution in [1.82, 2.24) is 26.0 Å². The number of hydrogen-bond donors (Lipinski definition) is 3. The largest absolute Gasteiger partial charge is 0.379 e. The van der Waals surface area contributed by atoms with Gasteiger partial charge in [-0.3, -0.25) is 21.0 Å².